The van der Waals surface area contributed by atoms with Crippen LogP contribution in [-0.4, -0.2) is 39.9 Å². The van der Waals surface area contributed by atoms with Crippen molar-refractivity contribution in [2.45, 2.75) is 65.1 Å². The largest absolute Gasteiger partial charge is 0.309 e. The molecule has 0 aromatic carbocycles. The molecule has 0 amide bonds. The molecule has 1 aromatic rings. The maximum absolute atomic E-state index is 4.51. The van der Waals surface area contributed by atoms with Gasteiger partial charge in [0.25, 0.3) is 0 Å². The van der Waals surface area contributed by atoms with Gasteiger partial charge in [0.1, 0.15) is 0 Å². The molecule has 1 saturated heterocycles. The van der Waals surface area contributed by atoms with Crippen molar-refractivity contribution in [3.8, 4) is 0 Å². The summed E-state index contributed by atoms with van der Waals surface area (Å²) in [5.74, 6) is 0. The van der Waals surface area contributed by atoms with Crippen LogP contribution in [-0.2, 0) is 6.54 Å². The second-order valence-corrected chi connectivity index (χ2v) is 6.38. The topological polar surface area (TPSA) is 33.1 Å². The summed E-state index contributed by atoms with van der Waals surface area (Å²) in [5.41, 5.74) is 1.45. The fraction of sp³-hybridized carbons (Fsp3) is 0.812. The summed E-state index contributed by atoms with van der Waals surface area (Å²) in [6.45, 7) is 13.5. The lowest BCUT2D eigenvalue weighted by molar-refractivity contribution is 0.107. The lowest BCUT2D eigenvalue weighted by atomic mass is 9.88. The first-order valence-electron chi connectivity index (χ1n) is 8.10. The van der Waals surface area contributed by atoms with Gasteiger partial charge in [0.15, 0.2) is 0 Å². The zero-order valence-electron chi connectivity index (χ0n) is 13.5. The number of aromatic nitrogens is 2. The van der Waals surface area contributed by atoms with Gasteiger partial charge in [-0.2, -0.15) is 5.10 Å². The van der Waals surface area contributed by atoms with E-state index in [1.807, 2.05) is 6.20 Å². The van der Waals surface area contributed by atoms with E-state index in [9.17, 15) is 0 Å². The van der Waals surface area contributed by atoms with Crippen molar-refractivity contribution in [2.24, 2.45) is 0 Å². The molecule has 1 atom stereocenters. The molecule has 114 valence electrons. The summed E-state index contributed by atoms with van der Waals surface area (Å²) in [6, 6.07) is 0.344. The molecule has 20 heavy (non-hydrogen) atoms. The lowest BCUT2D eigenvalue weighted by Crippen LogP contribution is -2.51. The second kappa shape index (κ2) is 6.72. The molecule has 0 saturated carbocycles. The Balaban J connectivity index is 2.19. The van der Waals surface area contributed by atoms with Crippen LogP contribution in [0.1, 0.15) is 58.6 Å². The maximum atomic E-state index is 4.51. The van der Waals surface area contributed by atoms with Gasteiger partial charge in [0.05, 0.1) is 12.2 Å². The predicted octanol–water partition coefficient (Wildman–Crippen LogP) is 2.82. The molecule has 4 heteroatoms. The minimum absolute atomic E-state index is 0.132. The highest BCUT2D eigenvalue weighted by Gasteiger charge is 2.37. The first-order valence-corrected chi connectivity index (χ1v) is 8.10. The minimum atomic E-state index is 0.132. The molecule has 0 bridgehead atoms. The summed E-state index contributed by atoms with van der Waals surface area (Å²) in [4.78, 5) is 2.62. The fourth-order valence-electron chi connectivity index (χ4n) is 3.34. The third-order valence-electron chi connectivity index (χ3n) is 4.48. The summed E-state index contributed by atoms with van der Waals surface area (Å²) < 4.78 is 2.07. The number of likely N-dealkylation sites (tertiary alicyclic amines) is 1. The van der Waals surface area contributed by atoms with Crippen LogP contribution in [0.2, 0.25) is 0 Å². The third kappa shape index (κ3) is 3.23. The maximum Gasteiger partial charge on any atom is 0.0538 e. The van der Waals surface area contributed by atoms with E-state index in [1.54, 1.807) is 0 Å². The standard InChI is InChI=1S/C16H30N4/c1-5-9-20-13-14(12-18-20)15(17-6-2)16(3,4)19-10-7-8-11-19/h12-13,15,17H,5-11H2,1-4H3. The molecule has 0 aliphatic carbocycles. The number of likely N-dealkylation sites (N-methyl/N-ethyl adjacent to an activating group) is 1. The Bertz CT molecular complexity index is 404. The Hall–Kier alpha value is -0.870. The first kappa shape index (κ1) is 15.5. The molecule has 4 nitrogen and oxygen atoms in total. The lowest BCUT2D eigenvalue weighted by Gasteiger charge is -2.42. The van der Waals surface area contributed by atoms with Gasteiger partial charge in [0, 0.05) is 23.8 Å². The van der Waals surface area contributed by atoms with Crippen molar-refractivity contribution >= 4 is 0 Å². The van der Waals surface area contributed by atoms with E-state index in [4.69, 9.17) is 0 Å². The Labute approximate surface area is 123 Å². The highest BCUT2D eigenvalue weighted by atomic mass is 15.3. The smallest absolute Gasteiger partial charge is 0.0538 e. The van der Waals surface area contributed by atoms with Crippen molar-refractivity contribution in [1.82, 2.24) is 20.0 Å². The molecule has 2 heterocycles. The summed E-state index contributed by atoms with van der Waals surface area (Å²) in [7, 11) is 0. The van der Waals surface area contributed by atoms with Crippen molar-refractivity contribution in [3.05, 3.63) is 18.0 Å². The van der Waals surface area contributed by atoms with E-state index in [-0.39, 0.29) is 5.54 Å². The van der Waals surface area contributed by atoms with E-state index in [0.29, 0.717) is 6.04 Å². The minimum Gasteiger partial charge on any atom is -0.309 e. The summed E-state index contributed by atoms with van der Waals surface area (Å²) >= 11 is 0. The van der Waals surface area contributed by atoms with Crippen molar-refractivity contribution in [1.29, 1.82) is 0 Å². The number of hydrogen-bond acceptors (Lipinski definition) is 3. The monoisotopic (exact) mass is 278 g/mol. The van der Waals surface area contributed by atoms with Gasteiger partial charge in [0.2, 0.25) is 0 Å². The first-order chi connectivity index (χ1) is 9.59. The molecule has 1 aliphatic heterocycles. The van der Waals surface area contributed by atoms with Crippen LogP contribution in [0.5, 0.6) is 0 Å². The van der Waals surface area contributed by atoms with Crippen molar-refractivity contribution in [2.75, 3.05) is 19.6 Å². The van der Waals surface area contributed by atoms with Gasteiger partial charge in [-0.1, -0.05) is 13.8 Å². The molecular formula is C16H30N4. The third-order valence-corrected chi connectivity index (χ3v) is 4.48. The van der Waals surface area contributed by atoms with E-state index >= 15 is 0 Å². The number of nitrogens with zero attached hydrogens (tertiary/aromatic N) is 3. The second-order valence-electron chi connectivity index (χ2n) is 6.38. The fourth-order valence-corrected chi connectivity index (χ4v) is 3.34. The molecule has 2 rings (SSSR count). The van der Waals surface area contributed by atoms with Gasteiger partial charge in [-0.15, -0.1) is 0 Å². The number of aryl methyl sites for hydroxylation is 1. The van der Waals surface area contributed by atoms with Gasteiger partial charge in [-0.3, -0.25) is 9.58 Å². The zero-order chi connectivity index (χ0) is 14.6. The van der Waals surface area contributed by atoms with Gasteiger partial charge in [-0.05, 0) is 52.7 Å². The van der Waals surface area contributed by atoms with Crippen LogP contribution in [0.15, 0.2) is 12.4 Å². The summed E-state index contributed by atoms with van der Waals surface area (Å²) in [6.07, 6.45) is 8.05. The molecule has 1 fully saturated rings. The van der Waals surface area contributed by atoms with Gasteiger partial charge < -0.3 is 5.32 Å². The number of rotatable bonds is 7. The highest BCUT2D eigenvalue weighted by molar-refractivity contribution is 5.17. The Kier molecular flexibility index (Phi) is 5.22. The van der Waals surface area contributed by atoms with Gasteiger partial charge >= 0.3 is 0 Å². The van der Waals surface area contributed by atoms with Crippen LogP contribution in [0.4, 0.5) is 0 Å². The molecule has 1 aromatic heterocycles. The molecule has 1 unspecified atom stereocenters. The average Bonchev–Trinajstić information content (AvgIpc) is 3.07. The van der Waals surface area contributed by atoms with Gasteiger partial charge in [-0.25, -0.2) is 0 Å². The van der Waals surface area contributed by atoms with E-state index in [0.717, 1.165) is 19.5 Å². The number of hydrogen-bond donors (Lipinski definition) is 1. The molecular weight excluding hydrogens is 248 g/mol. The van der Waals surface area contributed by atoms with Crippen LogP contribution in [0.25, 0.3) is 0 Å². The predicted molar refractivity (Wildman–Crippen MR) is 83.8 cm³/mol. The van der Waals surface area contributed by atoms with Crippen LogP contribution < -0.4 is 5.32 Å². The average molecular weight is 278 g/mol. The van der Waals surface area contributed by atoms with Crippen LogP contribution in [0.3, 0.4) is 0 Å². The molecule has 1 aliphatic rings. The Morgan fingerprint density at radius 2 is 2.00 bits per heavy atom. The zero-order valence-corrected chi connectivity index (χ0v) is 13.5. The normalized spacial score (nSPS) is 18.6. The molecule has 0 radical (unpaired) electrons. The van der Waals surface area contributed by atoms with Crippen LogP contribution in [0, 0.1) is 0 Å². The molecule has 0 spiro atoms. The quantitative estimate of drug-likeness (QED) is 0.832. The Morgan fingerprint density at radius 3 is 2.60 bits per heavy atom. The highest BCUT2D eigenvalue weighted by Crippen LogP contribution is 2.33. The molecule has 1 N–H and O–H groups in total. The van der Waals surface area contributed by atoms with Crippen LogP contribution >= 0.6 is 0 Å². The summed E-state index contributed by atoms with van der Waals surface area (Å²) in [5, 5.41) is 8.18. The SMILES string of the molecule is CCCn1cc(C(NCC)C(C)(C)N2CCCC2)cn1. The Morgan fingerprint density at radius 1 is 1.30 bits per heavy atom. The van der Waals surface area contributed by atoms with E-state index in [1.165, 1.54) is 31.5 Å². The van der Waals surface area contributed by atoms with E-state index < -0.39 is 0 Å². The van der Waals surface area contributed by atoms with Crippen molar-refractivity contribution in [3.63, 3.8) is 0 Å². The van der Waals surface area contributed by atoms with E-state index in [2.05, 4.69) is 53.9 Å². The van der Waals surface area contributed by atoms with Crippen molar-refractivity contribution < 1.29 is 0 Å². The number of nitrogens with one attached hydrogen (secondary N) is 1.